The summed E-state index contributed by atoms with van der Waals surface area (Å²) in [5.41, 5.74) is -0.115. The van der Waals surface area contributed by atoms with Gasteiger partial charge in [-0.05, 0) is 18.2 Å². The van der Waals surface area contributed by atoms with Crippen molar-refractivity contribution in [2.45, 2.75) is 11.1 Å². The van der Waals surface area contributed by atoms with Gasteiger partial charge in [-0.15, -0.1) is 11.8 Å². The second kappa shape index (κ2) is 4.01. The molecule has 0 aromatic heterocycles. The standard InChI is InChI=1S/C10H8F3NOS/c1-15-9-5-16-8-4-6(10(11,12)13)2-3-7(8)14-9/h2-4H,5H2,1H3. The summed E-state index contributed by atoms with van der Waals surface area (Å²) in [7, 11) is 1.49. The Morgan fingerprint density at radius 1 is 1.38 bits per heavy atom. The number of ether oxygens (including phenoxy) is 1. The smallest absolute Gasteiger partial charge is 0.416 e. The lowest BCUT2D eigenvalue weighted by Crippen LogP contribution is -2.09. The van der Waals surface area contributed by atoms with Gasteiger partial charge in [0, 0.05) is 4.90 Å². The molecule has 1 aliphatic rings. The fraction of sp³-hybridized carbons (Fsp3) is 0.300. The molecule has 0 saturated carbocycles. The molecule has 0 radical (unpaired) electrons. The van der Waals surface area contributed by atoms with E-state index in [9.17, 15) is 13.2 Å². The van der Waals surface area contributed by atoms with Crippen LogP contribution >= 0.6 is 11.8 Å². The van der Waals surface area contributed by atoms with E-state index in [2.05, 4.69) is 4.99 Å². The molecule has 0 atom stereocenters. The van der Waals surface area contributed by atoms with Gasteiger partial charge in [-0.2, -0.15) is 13.2 Å². The van der Waals surface area contributed by atoms with Gasteiger partial charge < -0.3 is 4.74 Å². The van der Waals surface area contributed by atoms with Crippen LogP contribution in [0.1, 0.15) is 5.56 Å². The number of thioether (sulfide) groups is 1. The molecule has 0 amide bonds. The number of methoxy groups -OCH3 is 1. The minimum atomic E-state index is -4.30. The maximum Gasteiger partial charge on any atom is 0.416 e. The SMILES string of the molecule is COC1=Nc2ccc(C(F)(F)F)cc2SC1. The molecule has 6 heteroatoms. The van der Waals surface area contributed by atoms with Crippen LogP contribution in [0.15, 0.2) is 28.1 Å². The van der Waals surface area contributed by atoms with Crippen LogP contribution in [-0.4, -0.2) is 18.8 Å². The predicted octanol–water partition coefficient (Wildman–Crippen LogP) is 3.49. The van der Waals surface area contributed by atoms with Crippen molar-refractivity contribution in [3.63, 3.8) is 0 Å². The summed E-state index contributed by atoms with van der Waals surface area (Å²) in [4.78, 5) is 4.63. The van der Waals surface area contributed by atoms with Crippen molar-refractivity contribution in [3.8, 4) is 0 Å². The molecule has 2 rings (SSSR count). The number of nitrogens with zero attached hydrogens (tertiary/aromatic N) is 1. The summed E-state index contributed by atoms with van der Waals surface area (Å²) in [5.74, 6) is 0.988. The maximum atomic E-state index is 12.4. The lowest BCUT2D eigenvalue weighted by atomic mass is 10.2. The first-order chi connectivity index (χ1) is 7.50. The lowest BCUT2D eigenvalue weighted by Gasteiger charge is -2.15. The van der Waals surface area contributed by atoms with E-state index in [0.717, 1.165) is 12.1 Å². The summed E-state index contributed by atoms with van der Waals surface area (Å²) in [6.07, 6.45) is -4.30. The van der Waals surface area contributed by atoms with Gasteiger partial charge in [-0.1, -0.05) is 0 Å². The monoisotopic (exact) mass is 247 g/mol. The quantitative estimate of drug-likeness (QED) is 0.700. The van der Waals surface area contributed by atoms with Gasteiger partial charge in [0.1, 0.15) is 0 Å². The zero-order valence-corrected chi connectivity index (χ0v) is 9.15. The van der Waals surface area contributed by atoms with Crippen molar-refractivity contribution in [2.24, 2.45) is 4.99 Å². The summed E-state index contributed by atoms with van der Waals surface area (Å²) in [6.45, 7) is 0. The average molecular weight is 247 g/mol. The Labute approximate surface area is 94.5 Å². The number of hydrogen-bond donors (Lipinski definition) is 0. The molecule has 2 nitrogen and oxygen atoms in total. The number of hydrogen-bond acceptors (Lipinski definition) is 3. The van der Waals surface area contributed by atoms with Crippen LogP contribution in [0, 0.1) is 0 Å². The molecule has 0 aliphatic carbocycles. The second-order valence-electron chi connectivity index (χ2n) is 3.18. The van der Waals surface area contributed by atoms with Gasteiger partial charge in [0.25, 0.3) is 0 Å². The highest BCUT2D eigenvalue weighted by Gasteiger charge is 2.31. The minimum absolute atomic E-state index is 0.463. The predicted molar refractivity (Wildman–Crippen MR) is 56.3 cm³/mol. The first kappa shape index (κ1) is 11.3. The first-order valence-electron chi connectivity index (χ1n) is 4.46. The van der Waals surface area contributed by atoms with Gasteiger partial charge in [0.15, 0.2) is 5.90 Å². The molecule has 0 spiro atoms. The van der Waals surface area contributed by atoms with Gasteiger partial charge >= 0.3 is 6.18 Å². The summed E-state index contributed by atoms with van der Waals surface area (Å²) >= 11 is 1.30. The van der Waals surface area contributed by atoms with E-state index in [1.807, 2.05) is 0 Å². The van der Waals surface area contributed by atoms with Crippen LogP contribution in [0.4, 0.5) is 18.9 Å². The highest BCUT2D eigenvalue weighted by Crippen LogP contribution is 2.39. The van der Waals surface area contributed by atoms with Crippen LogP contribution in [0.2, 0.25) is 0 Å². The molecule has 86 valence electrons. The van der Waals surface area contributed by atoms with Crippen LogP contribution < -0.4 is 0 Å². The summed E-state index contributed by atoms with van der Waals surface area (Å²) < 4.78 is 42.2. The van der Waals surface area contributed by atoms with Gasteiger partial charge in [0.2, 0.25) is 0 Å². The zero-order valence-electron chi connectivity index (χ0n) is 8.34. The molecule has 0 bridgehead atoms. The van der Waals surface area contributed by atoms with Gasteiger partial charge in [-0.25, -0.2) is 4.99 Å². The number of rotatable bonds is 0. The van der Waals surface area contributed by atoms with E-state index < -0.39 is 11.7 Å². The Bertz CT molecular complexity index is 442. The van der Waals surface area contributed by atoms with E-state index in [-0.39, 0.29) is 0 Å². The van der Waals surface area contributed by atoms with E-state index >= 15 is 0 Å². The first-order valence-corrected chi connectivity index (χ1v) is 5.45. The molecule has 1 aliphatic heterocycles. The lowest BCUT2D eigenvalue weighted by molar-refractivity contribution is -0.137. The average Bonchev–Trinajstić information content (AvgIpc) is 2.26. The third kappa shape index (κ3) is 2.16. The summed E-state index contributed by atoms with van der Waals surface area (Å²) in [5, 5.41) is 0. The number of benzene rings is 1. The van der Waals surface area contributed by atoms with Gasteiger partial charge in [-0.3, -0.25) is 0 Å². The van der Waals surface area contributed by atoms with Crippen molar-refractivity contribution >= 4 is 23.3 Å². The zero-order chi connectivity index (χ0) is 11.8. The largest absolute Gasteiger partial charge is 0.483 e. The van der Waals surface area contributed by atoms with Gasteiger partial charge in [0.05, 0.1) is 24.1 Å². The Kier molecular flexibility index (Phi) is 2.84. The number of alkyl halides is 3. The molecule has 0 saturated heterocycles. The van der Waals surface area contributed by atoms with Crippen molar-refractivity contribution in [1.29, 1.82) is 0 Å². The van der Waals surface area contributed by atoms with E-state index in [1.54, 1.807) is 0 Å². The molecular weight excluding hydrogens is 239 g/mol. The molecule has 1 aromatic carbocycles. The highest BCUT2D eigenvalue weighted by molar-refractivity contribution is 8.00. The molecular formula is C10H8F3NOS. The van der Waals surface area contributed by atoms with E-state index in [0.29, 0.717) is 22.2 Å². The van der Waals surface area contributed by atoms with Crippen molar-refractivity contribution in [3.05, 3.63) is 23.8 Å². The second-order valence-corrected chi connectivity index (χ2v) is 4.20. The van der Waals surface area contributed by atoms with Crippen molar-refractivity contribution in [2.75, 3.05) is 12.9 Å². The molecule has 16 heavy (non-hydrogen) atoms. The van der Waals surface area contributed by atoms with E-state index in [1.165, 1.54) is 24.9 Å². The number of halogens is 3. The maximum absolute atomic E-state index is 12.4. The molecule has 0 N–H and O–H groups in total. The molecule has 1 aromatic rings. The summed E-state index contributed by atoms with van der Waals surface area (Å²) in [6, 6.07) is 3.51. The Hall–Kier alpha value is -1.17. The van der Waals surface area contributed by atoms with E-state index in [4.69, 9.17) is 4.74 Å². The normalized spacial score (nSPS) is 15.4. The third-order valence-corrected chi connectivity index (χ3v) is 3.15. The molecule has 1 heterocycles. The third-order valence-electron chi connectivity index (χ3n) is 2.12. The molecule has 0 fully saturated rings. The fourth-order valence-electron chi connectivity index (χ4n) is 1.31. The Morgan fingerprint density at radius 3 is 2.75 bits per heavy atom. The molecule has 0 unspecified atom stereocenters. The number of aliphatic imine (C=N–C) groups is 1. The van der Waals surface area contributed by atoms with Crippen LogP contribution in [0.25, 0.3) is 0 Å². The topological polar surface area (TPSA) is 21.6 Å². The van der Waals surface area contributed by atoms with Crippen molar-refractivity contribution < 1.29 is 17.9 Å². The minimum Gasteiger partial charge on any atom is -0.483 e. The fourth-order valence-corrected chi connectivity index (χ4v) is 2.24. The van der Waals surface area contributed by atoms with Crippen molar-refractivity contribution in [1.82, 2.24) is 0 Å². The Morgan fingerprint density at radius 2 is 2.12 bits per heavy atom. The van der Waals surface area contributed by atoms with Crippen LogP contribution in [0.3, 0.4) is 0 Å². The Balaban J connectivity index is 2.39. The number of fused-ring (bicyclic) bond motifs is 1. The van der Waals surface area contributed by atoms with Crippen LogP contribution in [-0.2, 0) is 10.9 Å². The van der Waals surface area contributed by atoms with Crippen LogP contribution in [0.5, 0.6) is 0 Å². The highest BCUT2D eigenvalue weighted by atomic mass is 32.2.